The Kier molecular flexibility index (Phi) is 9.45. The van der Waals surface area contributed by atoms with Gasteiger partial charge in [-0.1, -0.05) is 0 Å². The maximum absolute atomic E-state index is 13.6. The summed E-state index contributed by atoms with van der Waals surface area (Å²) in [6.45, 7) is 8.34. The molecule has 10 nitrogen and oxygen atoms in total. The molecule has 2 aliphatic rings. The van der Waals surface area contributed by atoms with Gasteiger partial charge in [0.25, 0.3) is 11.1 Å². The van der Waals surface area contributed by atoms with Gasteiger partial charge in [-0.05, 0) is 56.4 Å². The molecule has 4 rings (SSSR count). The van der Waals surface area contributed by atoms with Crippen molar-refractivity contribution in [3.63, 3.8) is 0 Å². The van der Waals surface area contributed by atoms with E-state index in [0.717, 1.165) is 19.5 Å². The predicted octanol–water partition coefficient (Wildman–Crippen LogP) is 2.74. The molecule has 2 fully saturated rings. The van der Waals surface area contributed by atoms with Crippen molar-refractivity contribution >= 4 is 11.4 Å². The molecule has 0 spiro atoms. The summed E-state index contributed by atoms with van der Waals surface area (Å²) in [6, 6.07) is 12.0. The Morgan fingerprint density at radius 3 is 2.15 bits per heavy atom. The summed E-state index contributed by atoms with van der Waals surface area (Å²) < 4.78 is 3.70. The van der Waals surface area contributed by atoms with Crippen LogP contribution in [-0.4, -0.2) is 71.3 Å². The molecule has 0 radical (unpaired) electrons. The highest BCUT2D eigenvalue weighted by Gasteiger charge is 2.42. The highest BCUT2D eigenvalue weighted by atomic mass is 16.1. The van der Waals surface area contributed by atoms with Crippen LogP contribution in [0.3, 0.4) is 0 Å². The van der Waals surface area contributed by atoms with Crippen LogP contribution in [0.5, 0.6) is 0 Å². The Labute approximate surface area is 230 Å². The molecule has 10 heteroatoms. The SMILES string of the molecule is CNc1cccn([C@H]2CC(C3CN(CCC#N)C[C@H]3n3cccc(NC(C)C)c3=O)CN(CCC#N)C2)c1=O. The molecule has 0 aliphatic carbocycles. The second-order valence-electron chi connectivity index (χ2n) is 11.0. The molecule has 2 aromatic rings. The fraction of sp³-hybridized carbons (Fsp3) is 0.586. The summed E-state index contributed by atoms with van der Waals surface area (Å²) in [5.41, 5.74) is 1.07. The lowest BCUT2D eigenvalue weighted by molar-refractivity contribution is 0.0853. The Morgan fingerprint density at radius 2 is 1.51 bits per heavy atom. The Balaban J connectivity index is 1.70. The largest absolute Gasteiger partial charge is 0.384 e. The molecule has 2 N–H and O–H groups in total. The number of rotatable bonds is 10. The van der Waals surface area contributed by atoms with Gasteiger partial charge in [-0.2, -0.15) is 10.5 Å². The molecule has 0 bridgehead atoms. The first-order chi connectivity index (χ1) is 18.9. The molecular weight excluding hydrogens is 492 g/mol. The van der Waals surface area contributed by atoms with Crippen LogP contribution in [0, 0.1) is 34.5 Å². The maximum atomic E-state index is 13.6. The highest BCUT2D eigenvalue weighted by Crippen LogP contribution is 2.39. The lowest BCUT2D eigenvalue weighted by Crippen LogP contribution is -2.47. The van der Waals surface area contributed by atoms with Crippen molar-refractivity contribution in [2.45, 2.75) is 51.2 Å². The Morgan fingerprint density at radius 1 is 0.897 bits per heavy atom. The first-order valence-corrected chi connectivity index (χ1v) is 13.9. The number of hydrogen-bond acceptors (Lipinski definition) is 8. The molecule has 2 unspecified atom stereocenters. The second kappa shape index (κ2) is 13.0. The van der Waals surface area contributed by atoms with Crippen LogP contribution in [0.2, 0.25) is 0 Å². The first kappa shape index (κ1) is 28.4. The van der Waals surface area contributed by atoms with Crippen LogP contribution in [0.1, 0.15) is 45.2 Å². The van der Waals surface area contributed by atoms with E-state index < -0.39 is 0 Å². The van der Waals surface area contributed by atoms with Gasteiger partial charge in [0.1, 0.15) is 11.4 Å². The molecule has 0 aromatic carbocycles. The van der Waals surface area contributed by atoms with Gasteiger partial charge in [0, 0.05) is 83.6 Å². The van der Waals surface area contributed by atoms with Crippen LogP contribution < -0.4 is 21.8 Å². The van der Waals surface area contributed by atoms with Crippen LogP contribution >= 0.6 is 0 Å². The van der Waals surface area contributed by atoms with Crippen molar-refractivity contribution in [2.75, 3.05) is 56.9 Å². The number of nitrogens with one attached hydrogen (secondary N) is 2. The number of pyridine rings is 2. The molecule has 0 saturated carbocycles. The van der Waals surface area contributed by atoms with E-state index in [1.807, 2.05) is 53.6 Å². The normalized spacial score (nSPS) is 23.8. The molecule has 2 aromatic heterocycles. The van der Waals surface area contributed by atoms with E-state index >= 15 is 0 Å². The third-order valence-corrected chi connectivity index (χ3v) is 8.04. The summed E-state index contributed by atoms with van der Waals surface area (Å²) in [6.07, 6.45) is 5.42. The summed E-state index contributed by atoms with van der Waals surface area (Å²) in [4.78, 5) is 31.4. The molecule has 2 aliphatic heterocycles. The summed E-state index contributed by atoms with van der Waals surface area (Å²) >= 11 is 0. The van der Waals surface area contributed by atoms with E-state index in [4.69, 9.17) is 0 Å². The van der Waals surface area contributed by atoms with Gasteiger partial charge in [-0.3, -0.25) is 19.4 Å². The zero-order valence-electron chi connectivity index (χ0n) is 23.2. The summed E-state index contributed by atoms with van der Waals surface area (Å²) in [7, 11) is 1.75. The third-order valence-electron chi connectivity index (χ3n) is 8.04. The van der Waals surface area contributed by atoms with Crippen LogP contribution in [-0.2, 0) is 0 Å². The topological polar surface area (TPSA) is 122 Å². The van der Waals surface area contributed by atoms with Gasteiger partial charge in [-0.15, -0.1) is 0 Å². The predicted molar refractivity (Wildman–Crippen MR) is 153 cm³/mol. The average molecular weight is 533 g/mol. The number of aromatic nitrogens is 2. The number of hydrogen-bond donors (Lipinski definition) is 2. The first-order valence-electron chi connectivity index (χ1n) is 13.9. The monoisotopic (exact) mass is 532 g/mol. The molecular formula is C29H40N8O2. The van der Waals surface area contributed by atoms with Gasteiger partial charge < -0.3 is 19.8 Å². The molecule has 4 atom stereocenters. The third kappa shape index (κ3) is 6.52. The molecule has 208 valence electrons. The molecule has 0 amide bonds. The van der Waals surface area contributed by atoms with E-state index in [9.17, 15) is 20.1 Å². The van der Waals surface area contributed by atoms with Gasteiger partial charge in [0.05, 0.1) is 18.2 Å². The van der Waals surface area contributed by atoms with Crippen molar-refractivity contribution in [1.29, 1.82) is 10.5 Å². The summed E-state index contributed by atoms with van der Waals surface area (Å²) in [5.74, 6) is 0.365. The standard InChI is InChI=1S/C29H40N8O2/c1-21(2)33-26-9-5-15-37(29(26)39)27-20-35(13-7-11-31)19-24(27)22-16-23(18-34(17-22)12-6-10-30)36-14-4-8-25(32-3)28(36)38/h4-5,8-9,14-15,21-24,27,32-33H,6-7,12-13,16-20H2,1-3H3/t22?,23-,24?,27+/m0/s1. The lowest BCUT2D eigenvalue weighted by Gasteiger charge is -2.42. The fourth-order valence-corrected chi connectivity index (χ4v) is 6.33. The van der Waals surface area contributed by atoms with Crippen molar-refractivity contribution in [2.24, 2.45) is 11.8 Å². The molecule has 2 saturated heterocycles. The van der Waals surface area contributed by atoms with Gasteiger partial charge in [-0.25, -0.2) is 0 Å². The van der Waals surface area contributed by atoms with Gasteiger partial charge in [0.2, 0.25) is 0 Å². The highest BCUT2D eigenvalue weighted by molar-refractivity contribution is 5.41. The number of nitriles is 2. The van der Waals surface area contributed by atoms with E-state index in [1.165, 1.54) is 0 Å². The molecule has 39 heavy (non-hydrogen) atoms. The minimum absolute atomic E-state index is 0.0324. The van der Waals surface area contributed by atoms with E-state index in [2.05, 4.69) is 32.6 Å². The van der Waals surface area contributed by atoms with E-state index in [-0.39, 0.29) is 41.1 Å². The van der Waals surface area contributed by atoms with Crippen molar-refractivity contribution < 1.29 is 0 Å². The summed E-state index contributed by atoms with van der Waals surface area (Å²) in [5, 5.41) is 24.8. The van der Waals surface area contributed by atoms with E-state index in [1.54, 1.807) is 13.1 Å². The fourth-order valence-electron chi connectivity index (χ4n) is 6.33. The Hall–Kier alpha value is -3.60. The smallest absolute Gasteiger partial charge is 0.274 e. The van der Waals surface area contributed by atoms with Crippen molar-refractivity contribution in [1.82, 2.24) is 18.9 Å². The average Bonchev–Trinajstić information content (AvgIpc) is 3.35. The number of nitrogens with zero attached hydrogens (tertiary/aromatic N) is 6. The Bertz CT molecular complexity index is 1320. The van der Waals surface area contributed by atoms with Crippen LogP contribution in [0.15, 0.2) is 46.2 Å². The maximum Gasteiger partial charge on any atom is 0.274 e. The minimum Gasteiger partial charge on any atom is -0.384 e. The number of likely N-dealkylation sites (tertiary alicyclic amines) is 2. The van der Waals surface area contributed by atoms with Crippen LogP contribution in [0.25, 0.3) is 0 Å². The minimum atomic E-state index is -0.0490. The van der Waals surface area contributed by atoms with Gasteiger partial charge in [0.15, 0.2) is 0 Å². The zero-order chi connectivity index (χ0) is 27.9. The lowest BCUT2D eigenvalue weighted by atomic mass is 9.80. The van der Waals surface area contributed by atoms with E-state index in [0.29, 0.717) is 50.4 Å². The number of anilines is 2. The number of piperidine rings is 1. The quantitative estimate of drug-likeness (QED) is 0.479. The molecule has 4 heterocycles. The van der Waals surface area contributed by atoms with Crippen molar-refractivity contribution in [3.05, 3.63) is 57.4 Å². The van der Waals surface area contributed by atoms with Crippen LogP contribution in [0.4, 0.5) is 11.4 Å². The van der Waals surface area contributed by atoms with Gasteiger partial charge >= 0.3 is 0 Å². The second-order valence-corrected chi connectivity index (χ2v) is 11.0. The van der Waals surface area contributed by atoms with Crippen molar-refractivity contribution in [3.8, 4) is 12.1 Å². The zero-order valence-corrected chi connectivity index (χ0v) is 23.2.